The number of benzene rings is 1. The van der Waals surface area contributed by atoms with E-state index in [1.54, 1.807) is 30.3 Å². The summed E-state index contributed by atoms with van der Waals surface area (Å²) in [7, 11) is 0. The van der Waals surface area contributed by atoms with E-state index < -0.39 is 18.2 Å². The SMILES string of the molecule is O=C(c1ccccc1)C(O)OCC(O)CCl. The lowest BCUT2D eigenvalue weighted by atomic mass is 10.1. The van der Waals surface area contributed by atoms with Gasteiger partial charge in [-0.25, -0.2) is 0 Å². The number of hydrogen-bond acceptors (Lipinski definition) is 4. The average Bonchev–Trinajstić information content (AvgIpc) is 2.35. The minimum Gasteiger partial charge on any atom is -0.389 e. The molecule has 4 nitrogen and oxygen atoms in total. The van der Waals surface area contributed by atoms with Gasteiger partial charge in [-0.15, -0.1) is 11.6 Å². The third-order valence-corrected chi connectivity index (χ3v) is 2.26. The first kappa shape index (κ1) is 13.1. The monoisotopic (exact) mass is 244 g/mol. The van der Waals surface area contributed by atoms with Gasteiger partial charge in [0.2, 0.25) is 12.1 Å². The Balaban J connectivity index is 2.49. The number of carbonyl (C=O) groups is 1. The summed E-state index contributed by atoms with van der Waals surface area (Å²) in [5, 5.41) is 18.5. The Morgan fingerprint density at radius 2 is 1.94 bits per heavy atom. The van der Waals surface area contributed by atoms with Crippen LogP contribution in [0, 0.1) is 0 Å². The van der Waals surface area contributed by atoms with Crippen LogP contribution in [-0.2, 0) is 4.74 Å². The van der Waals surface area contributed by atoms with Crippen molar-refractivity contribution in [3.63, 3.8) is 0 Å². The fourth-order valence-corrected chi connectivity index (χ4v) is 1.16. The van der Waals surface area contributed by atoms with Crippen LogP contribution in [0.25, 0.3) is 0 Å². The van der Waals surface area contributed by atoms with Crippen LogP contribution < -0.4 is 0 Å². The standard InChI is InChI=1S/C11H13ClO4/c12-6-9(13)7-16-11(15)10(14)8-4-2-1-3-5-8/h1-5,9,11,13,15H,6-7H2. The van der Waals surface area contributed by atoms with E-state index in [-0.39, 0.29) is 12.5 Å². The molecule has 0 aromatic heterocycles. The third-order valence-electron chi connectivity index (χ3n) is 1.91. The number of alkyl halides is 1. The van der Waals surface area contributed by atoms with Crippen molar-refractivity contribution in [3.05, 3.63) is 35.9 Å². The fourth-order valence-electron chi connectivity index (χ4n) is 1.07. The molecule has 0 saturated heterocycles. The summed E-state index contributed by atoms with van der Waals surface area (Å²) < 4.78 is 4.78. The molecule has 2 atom stereocenters. The second-order valence-corrected chi connectivity index (χ2v) is 3.53. The van der Waals surface area contributed by atoms with Gasteiger partial charge >= 0.3 is 0 Å². The summed E-state index contributed by atoms with van der Waals surface area (Å²) in [6.45, 7) is -0.177. The maximum Gasteiger partial charge on any atom is 0.220 e. The van der Waals surface area contributed by atoms with Gasteiger partial charge in [0, 0.05) is 5.56 Å². The van der Waals surface area contributed by atoms with Crippen molar-refractivity contribution in [2.75, 3.05) is 12.5 Å². The van der Waals surface area contributed by atoms with Crippen molar-refractivity contribution in [1.29, 1.82) is 0 Å². The van der Waals surface area contributed by atoms with E-state index in [0.29, 0.717) is 5.56 Å². The van der Waals surface area contributed by atoms with E-state index in [2.05, 4.69) is 0 Å². The van der Waals surface area contributed by atoms with Gasteiger partial charge in [-0.3, -0.25) is 4.79 Å². The van der Waals surface area contributed by atoms with Crippen LogP contribution >= 0.6 is 11.6 Å². The van der Waals surface area contributed by atoms with E-state index >= 15 is 0 Å². The normalized spacial score (nSPS) is 14.4. The molecule has 88 valence electrons. The maximum absolute atomic E-state index is 11.6. The first-order valence-electron chi connectivity index (χ1n) is 4.78. The Bertz CT molecular complexity index is 328. The van der Waals surface area contributed by atoms with Crippen molar-refractivity contribution in [1.82, 2.24) is 0 Å². The summed E-state index contributed by atoms with van der Waals surface area (Å²) in [5.41, 5.74) is 0.357. The predicted molar refractivity (Wildman–Crippen MR) is 59.5 cm³/mol. The van der Waals surface area contributed by atoms with Crippen molar-refractivity contribution < 1.29 is 19.7 Å². The minimum absolute atomic E-state index is 0.00769. The minimum atomic E-state index is -1.57. The quantitative estimate of drug-likeness (QED) is 0.441. The van der Waals surface area contributed by atoms with E-state index in [1.165, 1.54) is 0 Å². The predicted octanol–water partition coefficient (Wildman–Crippen LogP) is 0.804. The largest absolute Gasteiger partial charge is 0.389 e. The Hall–Kier alpha value is -0.940. The molecular formula is C11H13ClO4. The highest BCUT2D eigenvalue weighted by atomic mass is 35.5. The molecule has 2 unspecified atom stereocenters. The Morgan fingerprint density at radius 3 is 2.50 bits per heavy atom. The molecule has 0 heterocycles. The summed E-state index contributed by atoms with van der Waals surface area (Å²) in [4.78, 5) is 11.6. The molecule has 0 fully saturated rings. The van der Waals surface area contributed by atoms with Gasteiger partial charge in [0.05, 0.1) is 18.6 Å². The lowest BCUT2D eigenvalue weighted by molar-refractivity contribution is -0.0923. The molecular weight excluding hydrogens is 232 g/mol. The maximum atomic E-state index is 11.6. The zero-order valence-electron chi connectivity index (χ0n) is 8.54. The zero-order valence-corrected chi connectivity index (χ0v) is 9.30. The molecule has 0 aliphatic heterocycles. The van der Waals surface area contributed by atoms with Gasteiger partial charge < -0.3 is 14.9 Å². The molecule has 0 aliphatic rings. The summed E-state index contributed by atoms with van der Waals surface area (Å²) >= 11 is 5.34. The number of ketones is 1. The Morgan fingerprint density at radius 1 is 1.31 bits per heavy atom. The van der Waals surface area contributed by atoms with Gasteiger partial charge in [-0.1, -0.05) is 30.3 Å². The summed E-state index contributed by atoms with van der Waals surface area (Å²) in [5.74, 6) is -0.547. The second-order valence-electron chi connectivity index (χ2n) is 3.22. The van der Waals surface area contributed by atoms with Crippen LogP contribution in [0.5, 0.6) is 0 Å². The van der Waals surface area contributed by atoms with Crippen molar-refractivity contribution >= 4 is 17.4 Å². The van der Waals surface area contributed by atoms with Crippen LogP contribution in [0.4, 0.5) is 0 Å². The van der Waals surface area contributed by atoms with Crippen LogP contribution in [0.1, 0.15) is 10.4 Å². The third kappa shape index (κ3) is 3.90. The molecule has 5 heteroatoms. The van der Waals surface area contributed by atoms with Crippen LogP contribution in [0.2, 0.25) is 0 Å². The highest BCUT2D eigenvalue weighted by Gasteiger charge is 2.18. The number of halogens is 1. The molecule has 0 amide bonds. The second kappa shape index (κ2) is 6.60. The van der Waals surface area contributed by atoms with Crippen molar-refractivity contribution in [2.45, 2.75) is 12.4 Å². The Kier molecular flexibility index (Phi) is 5.42. The van der Waals surface area contributed by atoms with Crippen LogP contribution in [0.15, 0.2) is 30.3 Å². The van der Waals surface area contributed by atoms with Gasteiger partial charge in [0.15, 0.2) is 0 Å². The first-order chi connectivity index (χ1) is 7.65. The van der Waals surface area contributed by atoms with Gasteiger partial charge in [0.25, 0.3) is 0 Å². The molecule has 1 rings (SSSR count). The first-order valence-corrected chi connectivity index (χ1v) is 5.31. The number of rotatable bonds is 6. The number of aliphatic hydroxyl groups excluding tert-OH is 2. The molecule has 1 aromatic rings. The molecule has 2 N–H and O–H groups in total. The van der Waals surface area contributed by atoms with Crippen LogP contribution in [-0.4, -0.2) is 40.9 Å². The molecule has 0 spiro atoms. The summed E-state index contributed by atoms with van der Waals surface area (Å²) in [6, 6.07) is 8.29. The van der Waals surface area contributed by atoms with E-state index in [1.807, 2.05) is 0 Å². The van der Waals surface area contributed by atoms with E-state index in [4.69, 9.17) is 21.4 Å². The number of hydrogen-bond donors (Lipinski definition) is 2. The smallest absolute Gasteiger partial charge is 0.220 e. The molecule has 1 aromatic carbocycles. The molecule has 0 saturated carbocycles. The molecule has 0 bridgehead atoms. The lowest BCUT2D eigenvalue weighted by Gasteiger charge is -2.13. The van der Waals surface area contributed by atoms with Gasteiger partial charge in [-0.05, 0) is 0 Å². The number of ether oxygens (including phenoxy) is 1. The zero-order chi connectivity index (χ0) is 12.0. The number of aliphatic hydroxyl groups is 2. The van der Waals surface area contributed by atoms with Crippen LogP contribution in [0.3, 0.4) is 0 Å². The molecule has 0 aliphatic carbocycles. The van der Waals surface area contributed by atoms with Crippen molar-refractivity contribution in [2.24, 2.45) is 0 Å². The molecule has 0 radical (unpaired) electrons. The Labute approximate surface area is 98.4 Å². The topological polar surface area (TPSA) is 66.8 Å². The lowest BCUT2D eigenvalue weighted by Crippen LogP contribution is -2.28. The average molecular weight is 245 g/mol. The van der Waals surface area contributed by atoms with Crippen molar-refractivity contribution in [3.8, 4) is 0 Å². The summed E-state index contributed by atoms with van der Waals surface area (Å²) in [6.07, 6.45) is -2.46. The molecule has 16 heavy (non-hydrogen) atoms. The van der Waals surface area contributed by atoms with E-state index in [0.717, 1.165) is 0 Å². The fraction of sp³-hybridized carbons (Fsp3) is 0.364. The van der Waals surface area contributed by atoms with Gasteiger partial charge in [-0.2, -0.15) is 0 Å². The van der Waals surface area contributed by atoms with Gasteiger partial charge in [0.1, 0.15) is 0 Å². The highest BCUT2D eigenvalue weighted by molar-refractivity contribution is 6.18. The highest BCUT2D eigenvalue weighted by Crippen LogP contribution is 2.05. The number of Topliss-reactive ketones (excluding diaryl/α,β-unsaturated/α-hetero) is 1. The van der Waals surface area contributed by atoms with E-state index in [9.17, 15) is 9.90 Å². The number of carbonyl (C=O) groups excluding carboxylic acids is 1.